The molecule has 1 N–H and O–H groups in total. The molecule has 2 nitrogen and oxygen atoms in total. The van der Waals surface area contributed by atoms with Gasteiger partial charge in [0, 0.05) is 6.07 Å². The van der Waals surface area contributed by atoms with E-state index >= 15 is 0 Å². The Kier molecular flexibility index (Phi) is 1.53. The summed E-state index contributed by atoms with van der Waals surface area (Å²) in [6.45, 7) is 0. The number of halogens is 1. The quantitative estimate of drug-likeness (QED) is 0.507. The summed E-state index contributed by atoms with van der Waals surface area (Å²) in [6, 6.07) is 1.55. The van der Waals surface area contributed by atoms with E-state index in [-0.39, 0.29) is 5.56 Å². The summed E-state index contributed by atoms with van der Waals surface area (Å²) < 4.78 is 11.8. The van der Waals surface area contributed by atoms with Crippen LogP contribution in [0.15, 0.2) is 24.5 Å². The molecule has 9 heavy (non-hydrogen) atoms. The summed E-state index contributed by atoms with van der Waals surface area (Å²) in [5, 5.41) is 0. The van der Waals surface area contributed by atoms with Crippen molar-refractivity contribution in [2.24, 2.45) is 0 Å². The van der Waals surface area contributed by atoms with Gasteiger partial charge >= 0.3 is 6.04 Å². The summed E-state index contributed by atoms with van der Waals surface area (Å²) in [4.78, 5) is 12.5. The average molecular weight is 126 g/mol. The van der Waals surface area contributed by atoms with Gasteiger partial charge in [-0.1, -0.05) is 0 Å². The van der Waals surface area contributed by atoms with Crippen molar-refractivity contribution < 1.29 is 14.2 Å². The fraction of sp³-hybridized carbons (Fsp3) is 0. The Balaban J connectivity index is 2.98. The van der Waals surface area contributed by atoms with Crippen LogP contribution < -0.4 is 4.98 Å². The fourth-order valence-electron chi connectivity index (χ4n) is 0.516. The van der Waals surface area contributed by atoms with Crippen LogP contribution in [0.25, 0.3) is 0 Å². The summed E-state index contributed by atoms with van der Waals surface area (Å²) >= 11 is 0. The van der Waals surface area contributed by atoms with Gasteiger partial charge in [-0.2, -0.15) is 4.39 Å². The normalized spacial score (nSPS) is 9.00. The zero-order valence-corrected chi connectivity index (χ0v) is 4.60. The van der Waals surface area contributed by atoms with Gasteiger partial charge in [0.15, 0.2) is 12.4 Å². The Labute approximate surface area is 51.3 Å². The van der Waals surface area contributed by atoms with E-state index in [2.05, 4.69) is 4.98 Å². The second kappa shape index (κ2) is 2.35. The predicted molar refractivity (Wildman–Crippen MR) is 28.4 cm³/mol. The molecule has 3 heteroatoms. The van der Waals surface area contributed by atoms with Crippen molar-refractivity contribution >= 4 is 6.04 Å². The van der Waals surface area contributed by atoms with E-state index in [1.165, 1.54) is 12.3 Å². The number of hydrogen-bond donors (Lipinski definition) is 0. The Hall–Kier alpha value is -1.25. The van der Waals surface area contributed by atoms with Crippen LogP contribution in [0.3, 0.4) is 0 Å². The second-order valence-corrected chi connectivity index (χ2v) is 1.57. The lowest BCUT2D eigenvalue weighted by atomic mass is 10.3. The lowest BCUT2D eigenvalue weighted by molar-refractivity contribution is -0.378. The van der Waals surface area contributed by atoms with Crippen molar-refractivity contribution in [3.8, 4) is 0 Å². The van der Waals surface area contributed by atoms with Crippen LogP contribution in [0.4, 0.5) is 4.39 Å². The molecule has 0 amide bonds. The minimum Gasteiger partial charge on any atom is -0.255 e. The summed E-state index contributed by atoms with van der Waals surface area (Å²) in [5.41, 5.74) is 0.0532. The number of rotatable bonds is 1. The van der Waals surface area contributed by atoms with Crippen molar-refractivity contribution in [2.45, 2.75) is 0 Å². The third-order valence-corrected chi connectivity index (χ3v) is 0.934. The van der Waals surface area contributed by atoms with E-state index in [4.69, 9.17) is 0 Å². The Bertz CT molecular complexity index is 210. The molecular weight excluding hydrogens is 121 g/mol. The highest BCUT2D eigenvalue weighted by Crippen LogP contribution is 1.94. The van der Waals surface area contributed by atoms with Crippen molar-refractivity contribution in [3.05, 3.63) is 30.1 Å². The summed E-state index contributed by atoms with van der Waals surface area (Å²) in [6.07, 6.45) is 2.91. The molecule has 1 heterocycles. The third-order valence-electron chi connectivity index (χ3n) is 0.934. The molecule has 0 saturated carbocycles. The number of aromatic amines is 1. The van der Waals surface area contributed by atoms with Crippen molar-refractivity contribution in [1.29, 1.82) is 0 Å². The van der Waals surface area contributed by atoms with Gasteiger partial charge in [-0.15, -0.1) is 0 Å². The fourth-order valence-corrected chi connectivity index (χ4v) is 0.516. The molecule has 46 valence electrons. The Morgan fingerprint density at radius 2 is 2.44 bits per heavy atom. The third kappa shape index (κ3) is 1.32. The maximum absolute atomic E-state index is 11.8. The zero-order valence-electron chi connectivity index (χ0n) is 4.60. The highest BCUT2D eigenvalue weighted by Gasteiger charge is 2.02. The number of aromatic nitrogens is 1. The molecule has 0 radical (unpaired) electrons. The summed E-state index contributed by atoms with van der Waals surface area (Å²) in [7, 11) is 0. The molecule has 0 saturated heterocycles. The van der Waals surface area contributed by atoms with Gasteiger partial charge in [-0.25, -0.2) is 4.98 Å². The number of hydrogen-bond acceptors (Lipinski definition) is 1. The Morgan fingerprint density at radius 3 is 2.78 bits per heavy atom. The van der Waals surface area contributed by atoms with E-state index in [1.54, 1.807) is 12.3 Å². The highest BCUT2D eigenvalue weighted by atomic mass is 19.1. The van der Waals surface area contributed by atoms with Crippen LogP contribution in [-0.2, 0) is 0 Å². The van der Waals surface area contributed by atoms with Gasteiger partial charge in [-0.05, 0) is 6.07 Å². The van der Waals surface area contributed by atoms with Gasteiger partial charge in [0.2, 0.25) is 0 Å². The monoisotopic (exact) mass is 126 g/mol. The SMILES string of the molecule is O=C(F)c1ccc[nH+]c1. The first-order valence-corrected chi connectivity index (χ1v) is 2.46. The van der Waals surface area contributed by atoms with E-state index in [0.717, 1.165) is 0 Å². The first-order valence-electron chi connectivity index (χ1n) is 2.46. The molecule has 0 fully saturated rings. The molecule has 1 aromatic heterocycles. The van der Waals surface area contributed by atoms with Crippen molar-refractivity contribution in [3.63, 3.8) is 0 Å². The topological polar surface area (TPSA) is 31.2 Å². The van der Waals surface area contributed by atoms with E-state index in [9.17, 15) is 9.18 Å². The van der Waals surface area contributed by atoms with E-state index < -0.39 is 6.04 Å². The molecule has 0 aromatic carbocycles. The minimum atomic E-state index is -1.41. The van der Waals surface area contributed by atoms with Crippen LogP contribution in [0.5, 0.6) is 0 Å². The average Bonchev–Trinajstić information content (AvgIpc) is 1.90. The van der Waals surface area contributed by atoms with E-state index in [1.807, 2.05) is 0 Å². The molecule has 0 unspecified atom stereocenters. The minimum absolute atomic E-state index is 0.0532. The number of carbonyl (C=O) groups excluding carboxylic acids is 1. The molecular formula is C6H5FNO+. The lowest BCUT2D eigenvalue weighted by Gasteiger charge is -1.80. The maximum atomic E-state index is 11.8. The molecule has 0 spiro atoms. The van der Waals surface area contributed by atoms with Gasteiger partial charge in [0.1, 0.15) is 5.56 Å². The zero-order chi connectivity index (χ0) is 6.69. The maximum Gasteiger partial charge on any atom is 0.338 e. The molecule has 0 aliphatic carbocycles. The molecule has 1 aromatic rings. The molecule has 0 aliphatic rings. The second-order valence-electron chi connectivity index (χ2n) is 1.57. The van der Waals surface area contributed by atoms with Crippen LogP contribution >= 0.6 is 0 Å². The molecule has 1 rings (SSSR count). The molecule has 0 atom stereocenters. The van der Waals surface area contributed by atoms with Crippen molar-refractivity contribution in [2.75, 3.05) is 0 Å². The Morgan fingerprint density at radius 1 is 1.67 bits per heavy atom. The lowest BCUT2D eigenvalue weighted by Crippen LogP contribution is -2.02. The van der Waals surface area contributed by atoms with Gasteiger partial charge in [0.05, 0.1) is 0 Å². The highest BCUT2D eigenvalue weighted by molar-refractivity contribution is 5.87. The smallest absolute Gasteiger partial charge is 0.255 e. The van der Waals surface area contributed by atoms with E-state index in [0.29, 0.717) is 0 Å². The largest absolute Gasteiger partial charge is 0.338 e. The first-order chi connectivity index (χ1) is 4.30. The molecule has 0 bridgehead atoms. The molecule has 0 aliphatic heterocycles. The van der Waals surface area contributed by atoms with Crippen LogP contribution in [0.1, 0.15) is 10.4 Å². The number of nitrogens with one attached hydrogen (secondary N) is 1. The number of H-pyrrole nitrogens is 1. The van der Waals surface area contributed by atoms with Crippen LogP contribution in [0, 0.1) is 0 Å². The van der Waals surface area contributed by atoms with Gasteiger partial charge in [-0.3, -0.25) is 4.79 Å². The van der Waals surface area contributed by atoms with Gasteiger partial charge < -0.3 is 0 Å². The predicted octanol–water partition coefficient (Wildman–Crippen LogP) is 0.610. The van der Waals surface area contributed by atoms with Crippen LogP contribution in [-0.4, -0.2) is 6.04 Å². The van der Waals surface area contributed by atoms with Crippen LogP contribution in [0.2, 0.25) is 0 Å². The number of pyridine rings is 1. The standard InChI is InChI=1S/C6H4FNO/c7-6(9)5-2-1-3-8-4-5/h1-4H/p+1. The number of carbonyl (C=O) groups is 1. The van der Waals surface area contributed by atoms with Crippen molar-refractivity contribution in [1.82, 2.24) is 0 Å². The first kappa shape index (κ1) is 5.88. The van der Waals surface area contributed by atoms with Gasteiger partial charge in [0.25, 0.3) is 0 Å². The summed E-state index contributed by atoms with van der Waals surface area (Å²) in [5.74, 6) is 0.